The fourth-order valence-corrected chi connectivity index (χ4v) is 4.14. The molecule has 9 heteroatoms. The van der Waals surface area contributed by atoms with Crippen LogP contribution in [0.1, 0.15) is 5.82 Å². The van der Waals surface area contributed by atoms with Gasteiger partial charge in [-0.1, -0.05) is 0 Å². The molecular weight excluding hydrogens is 360 g/mol. The van der Waals surface area contributed by atoms with E-state index < -0.39 is 0 Å². The third-order valence-electron chi connectivity index (χ3n) is 4.85. The molecule has 0 aromatic carbocycles. The highest BCUT2D eigenvalue weighted by molar-refractivity contribution is 7.16. The highest BCUT2D eigenvalue weighted by atomic mass is 32.1. The number of fused-ring (bicyclic) bond motifs is 1. The summed E-state index contributed by atoms with van der Waals surface area (Å²) >= 11 is 1.65. The summed E-state index contributed by atoms with van der Waals surface area (Å²) in [4.78, 5) is 18.7. The number of aromatic nitrogens is 6. The molecule has 27 heavy (non-hydrogen) atoms. The Kier molecular flexibility index (Phi) is 3.93. The van der Waals surface area contributed by atoms with Crippen LogP contribution in [0.3, 0.4) is 0 Å². The van der Waals surface area contributed by atoms with Crippen LogP contribution in [0.5, 0.6) is 0 Å². The summed E-state index contributed by atoms with van der Waals surface area (Å²) in [5, 5.41) is 12.0. The Labute approximate surface area is 160 Å². The Morgan fingerprint density at radius 1 is 0.889 bits per heavy atom. The maximum Gasteiger partial charge on any atom is 0.160 e. The normalized spacial score (nSPS) is 14.9. The molecule has 0 atom stereocenters. The molecule has 4 aromatic heterocycles. The third-order valence-corrected chi connectivity index (χ3v) is 5.67. The van der Waals surface area contributed by atoms with E-state index in [2.05, 4.69) is 46.4 Å². The van der Waals surface area contributed by atoms with Gasteiger partial charge in [-0.3, -0.25) is 4.57 Å². The number of rotatable bonds is 3. The Morgan fingerprint density at radius 2 is 1.67 bits per heavy atom. The molecule has 0 saturated carbocycles. The minimum atomic E-state index is 0.785. The van der Waals surface area contributed by atoms with Crippen LogP contribution >= 0.6 is 11.3 Å². The van der Waals surface area contributed by atoms with E-state index >= 15 is 0 Å². The zero-order chi connectivity index (χ0) is 18.2. The van der Waals surface area contributed by atoms with E-state index in [1.165, 1.54) is 0 Å². The fourth-order valence-electron chi connectivity index (χ4n) is 3.41. The summed E-state index contributed by atoms with van der Waals surface area (Å²) in [5.41, 5.74) is 0. The van der Waals surface area contributed by atoms with E-state index in [4.69, 9.17) is 0 Å². The maximum absolute atomic E-state index is 4.52. The minimum absolute atomic E-state index is 0.785. The number of thiophene rings is 1. The largest absolute Gasteiger partial charge is 0.352 e. The molecule has 0 aliphatic carbocycles. The Balaban J connectivity index is 1.30. The monoisotopic (exact) mass is 378 g/mol. The van der Waals surface area contributed by atoms with E-state index in [1.807, 2.05) is 29.8 Å². The first-order chi connectivity index (χ1) is 13.3. The molecule has 1 aliphatic heterocycles. The molecule has 1 fully saturated rings. The van der Waals surface area contributed by atoms with E-state index in [9.17, 15) is 0 Å². The molecule has 1 aliphatic rings. The van der Waals surface area contributed by atoms with Crippen LogP contribution < -0.4 is 9.80 Å². The van der Waals surface area contributed by atoms with Gasteiger partial charge < -0.3 is 9.80 Å². The van der Waals surface area contributed by atoms with Crippen molar-refractivity contribution in [2.24, 2.45) is 0 Å². The zero-order valence-corrected chi connectivity index (χ0v) is 15.7. The van der Waals surface area contributed by atoms with E-state index in [1.54, 1.807) is 23.9 Å². The van der Waals surface area contributed by atoms with E-state index in [0.29, 0.717) is 0 Å². The summed E-state index contributed by atoms with van der Waals surface area (Å²) in [5.74, 6) is 3.61. The Bertz CT molecular complexity index is 1060. The molecule has 1 saturated heterocycles. The van der Waals surface area contributed by atoms with Crippen LogP contribution in [0.2, 0.25) is 0 Å². The fraction of sp³-hybridized carbons (Fsp3) is 0.278. The van der Waals surface area contributed by atoms with Crippen molar-refractivity contribution < 1.29 is 0 Å². The zero-order valence-electron chi connectivity index (χ0n) is 14.9. The highest BCUT2D eigenvalue weighted by Gasteiger charge is 2.21. The summed E-state index contributed by atoms with van der Waals surface area (Å²) in [6.45, 7) is 5.51. The second-order valence-electron chi connectivity index (χ2n) is 6.40. The van der Waals surface area contributed by atoms with Gasteiger partial charge in [-0.15, -0.1) is 21.5 Å². The molecule has 0 unspecified atom stereocenters. The highest BCUT2D eigenvalue weighted by Crippen LogP contribution is 2.27. The average Bonchev–Trinajstić information content (AvgIpc) is 3.37. The lowest BCUT2D eigenvalue weighted by atomic mass is 10.2. The second kappa shape index (κ2) is 6.58. The lowest BCUT2D eigenvalue weighted by Gasteiger charge is -2.36. The van der Waals surface area contributed by atoms with Gasteiger partial charge >= 0.3 is 0 Å². The first-order valence-corrected chi connectivity index (χ1v) is 9.70. The molecule has 8 nitrogen and oxygen atoms in total. The number of hydrogen-bond acceptors (Lipinski definition) is 8. The molecule has 0 spiro atoms. The molecule has 0 bridgehead atoms. The van der Waals surface area contributed by atoms with Gasteiger partial charge in [0.05, 0.1) is 5.39 Å². The maximum atomic E-state index is 4.52. The molecule has 0 N–H and O–H groups in total. The van der Waals surface area contributed by atoms with Crippen LogP contribution in [0.4, 0.5) is 11.6 Å². The predicted octanol–water partition coefficient (Wildman–Crippen LogP) is 2.30. The Hall–Kier alpha value is -3.07. The number of aryl methyl sites for hydroxylation is 1. The summed E-state index contributed by atoms with van der Waals surface area (Å²) in [7, 11) is 0. The SMILES string of the molecule is Cc1nccn1-c1ccc(N2CCN(c3ncnc4sccc34)CC2)nn1. The number of hydrogen-bond donors (Lipinski definition) is 0. The molecule has 5 heterocycles. The van der Waals surface area contributed by atoms with Gasteiger partial charge in [-0.2, -0.15) is 0 Å². The van der Waals surface area contributed by atoms with Gasteiger partial charge in [0.1, 0.15) is 22.8 Å². The third kappa shape index (κ3) is 2.89. The Morgan fingerprint density at radius 3 is 2.41 bits per heavy atom. The van der Waals surface area contributed by atoms with Crippen molar-refractivity contribution in [2.45, 2.75) is 6.92 Å². The van der Waals surface area contributed by atoms with Gasteiger partial charge in [0.25, 0.3) is 0 Å². The average molecular weight is 378 g/mol. The summed E-state index contributed by atoms with van der Waals surface area (Å²) in [6.07, 6.45) is 5.31. The standard InChI is InChI=1S/C18H18N8S/c1-13-19-5-6-26(13)16-3-2-15(22-23-16)24-7-9-25(10-8-24)17-14-4-11-27-18(14)21-12-20-17/h2-6,11-12H,7-10H2,1H3. The lowest BCUT2D eigenvalue weighted by Crippen LogP contribution is -2.47. The number of piperazine rings is 1. The molecule has 0 radical (unpaired) electrons. The van der Waals surface area contributed by atoms with Crippen LogP contribution in [-0.4, -0.2) is 55.9 Å². The predicted molar refractivity (Wildman–Crippen MR) is 106 cm³/mol. The topological polar surface area (TPSA) is 75.9 Å². The van der Waals surface area contributed by atoms with Gasteiger partial charge in [0, 0.05) is 38.6 Å². The number of nitrogens with zero attached hydrogens (tertiary/aromatic N) is 8. The molecule has 0 amide bonds. The first-order valence-electron chi connectivity index (χ1n) is 8.82. The van der Waals surface area contributed by atoms with Gasteiger partial charge in [0.15, 0.2) is 11.6 Å². The van der Waals surface area contributed by atoms with Crippen molar-refractivity contribution in [1.82, 2.24) is 29.7 Å². The quantitative estimate of drug-likeness (QED) is 0.541. The van der Waals surface area contributed by atoms with Crippen molar-refractivity contribution in [1.29, 1.82) is 0 Å². The van der Waals surface area contributed by atoms with Crippen molar-refractivity contribution in [3.63, 3.8) is 0 Å². The summed E-state index contributed by atoms with van der Waals surface area (Å²) in [6, 6.07) is 6.12. The smallest absolute Gasteiger partial charge is 0.160 e. The number of anilines is 2. The molecule has 5 rings (SSSR count). The van der Waals surface area contributed by atoms with Crippen molar-refractivity contribution in [3.05, 3.63) is 48.1 Å². The van der Waals surface area contributed by atoms with Crippen LogP contribution in [-0.2, 0) is 0 Å². The van der Waals surface area contributed by atoms with E-state index in [0.717, 1.165) is 59.7 Å². The molecule has 136 valence electrons. The first kappa shape index (κ1) is 16.1. The van der Waals surface area contributed by atoms with Crippen molar-refractivity contribution in [2.75, 3.05) is 36.0 Å². The van der Waals surface area contributed by atoms with E-state index in [-0.39, 0.29) is 0 Å². The lowest BCUT2D eigenvalue weighted by molar-refractivity contribution is 0.638. The van der Waals surface area contributed by atoms with Gasteiger partial charge in [-0.05, 0) is 30.5 Å². The van der Waals surface area contributed by atoms with Gasteiger partial charge in [-0.25, -0.2) is 15.0 Å². The van der Waals surface area contributed by atoms with Crippen LogP contribution in [0, 0.1) is 6.92 Å². The van der Waals surface area contributed by atoms with Crippen LogP contribution in [0.15, 0.2) is 42.3 Å². The van der Waals surface area contributed by atoms with Crippen molar-refractivity contribution in [3.8, 4) is 5.82 Å². The summed E-state index contributed by atoms with van der Waals surface area (Å²) < 4.78 is 1.93. The number of imidazole rings is 1. The minimum Gasteiger partial charge on any atom is -0.352 e. The van der Waals surface area contributed by atoms with Crippen LogP contribution in [0.25, 0.3) is 16.0 Å². The second-order valence-corrected chi connectivity index (χ2v) is 7.30. The van der Waals surface area contributed by atoms with Gasteiger partial charge in [0.2, 0.25) is 0 Å². The van der Waals surface area contributed by atoms with Crippen molar-refractivity contribution >= 4 is 33.2 Å². The molecular formula is C18H18N8S. The molecule has 4 aromatic rings.